The molecule has 0 atom stereocenters. The molecule has 0 saturated heterocycles. The summed E-state index contributed by atoms with van der Waals surface area (Å²) in [6, 6.07) is 9.30. The molecule has 1 heterocycles. The lowest BCUT2D eigenvalue weighted by Gasteiger charge is -2.11. The number of imide groups is 1. The summed E-state index contributed by atoms with van der Waals surface area (Å²) >= 11 is 0. The van der Waals surface area contributed by atoms with Crippen molar-refractivity contribution in [1.29, 1.82) is 0 Å². The second-order valence-corrected chi connectivity index (χ2v) is 7.10. The number of anilines is 1. The molecule has 1 aliphatic heterocycles. The van der Waals surface area contributed by atoms with E-state index in [2.05, 4.69) is 10.0 Å². The summed E-state index contributed by atoms with van der Waals surface area (Å²) < 4.78 is 27.6. The summed E-state index contributed by atoms with van der Waals surface area (Å²) in [5, 5.41) is 2.13. The normalized spacial score (nSPS) is 13.7. The Hall–Kier alpha value is -2.67. The molecule has 7 heteroatoms. The summed E-state index contributed by atoms with van der Waals surface area (Å²) in [5.41, 5.74) is 2.44. The number of hydrogen-bond donors (Lipinski definition) is 2. The van der Waals surface area contributed by atoms with E-state index in [4.69, 9.17) is 0 Å². The van der Waals surface area contributed by atoms with E-state index in [0.717, 1.165) is 11.1 Å². The first kappa shape index (κ1) is 15.2. The lowest BCUT2D eigenvalue weighted by molar-refractivity contribution is 0.0879. The number of fused-ring (bicyclic) bond motifs is 1. The van der Waals surface area contributed by atoms with Gasteiger partial charge in [0.05, 0.1) is 21.7 Å². The highest BCUT2D eigenvalue weighted by atomic mass is 32.2. The van der Waals surface area contributed by atoms with Crippen LogP contribution in [0.15, 0.2) is 41.3 Å². The van der Waals surface area contributed by atoms with Crippen molar-refractivity contribution in [3.8, 4) is 0 Å². The number of amides is 2. The average molecular weight is 330 g/mol. The minimum Gasteiger partial charge on any atom is -0.288 e. The third-order valence-corrected chi connectivity index (χ3v) is 5.02. The van der Waals surface area contributed by atoms with E-state index < -0.39 is 21.8 Å². The minimum atomic E-state index is -3.86. The molecule has 0 fully saturated rings. The number of carbonyl (C=O) groups excluding carboxylic acids is 2. The van der Waals surface area contributed by atoms with Crippen LogP contribution in [0.4, 0.5) is 5.69 Å². The van der Waals surface area contributed by atoms with Crippen LogP contribution in [0, 0.1) is 13.8 Å². The Bertz CT molecular complexity index is 949. The fraction of sp³-hybridized carbons (Fsp3) is 0.125. The van der Waals surface area contributed by atoms with Crippen molar-refractivity contribution in [2.45, 2.75) is 18.7 Å². The molecule has 2 aromatic rings. The SMILES string of the molecule is Cc1ccc(C)c(NS(=O)(=O)c2ccc3c(c2)C(=O)NC3=O)c1. The van der Waals surface area contributed by atoms with Gasteiger partial charge in [-0.05, 0) is 49.2 Å². The largest absolute Gasteiger partial charge is 0.288 e. The zero-order valence-corrected chi connectivity index (χ0v) is 13.3. The smallest absolute Gasteiger partial charge is 0.261 e. The van der Waals surface area contributed by atoms with E-state index in [1.165, 1.54) is 18.2 Å². The molecule has 3 rings (SSSR count). The highest BCUT2D eigenvalue weighted by molar-refractivity contribution is 7.92. The van der Waals surface area contributed by atoms with Crippen LogP contribution < -0.4 is 10.0 Å². The predicted molar refractivity (Wildman–Crippen MR) is 85.0 cm³/mol. The Balaban J connectivity index is 2.01. The van der Waals surface area contributed by atoms with Crippen molar-refractivity contribution in [3.05, 3.63) is 58.7 Å². The van der Waals surface area contributed by atoms with Crippen molar-refractivity contribution in [2.75, 3.05) is 4.72 Å². The molecule has 0 unspecified atom stereocenters. The van der Waals surface area contributed by atoms with Gasteiger partial charge in [0.15, 0.2) is 0 Å². The number of aryl methyl sites for hydroxylation is 2. The number of benzene rings is 2. The Kier molecular flexibility index (Phi) is 3.45. The van der Waals surface area contributed by atoms with Gasteiger partial charge in [0.2, 0.25) is 0 Å². The summed E-state index contributed by atoms with van der Waals surface area (Å²) in [6.07, 6.45) is 0. The molecule has 2 aromatic carbocycles. The van der Waals surface area contributed by atoms with Gasteiger partial charge in [0, 0.05) is 0 Å². The first-order valence-corrected chi connectivity index (χ1v) is 8.36. The fourth-order valence-electron chi connectivity index (χ4n) is 2.36. The number of sulfonamides is 1. The summed E-state index contributed by atoms with van der Waals surface area (Å²) in [6.45, 7) is 3.66. The van der Waals surface area contributed by atoms with E-state index in [0.29, 0.717) is 5.69 Å². The zero-order chi connectivity index (χ0) is 16.8. The minimum absolute atomic E-state index is 0.0676. The van der Waals surface area contributed by atoms with E-state index in [-0.39, 0.29) is 16.0 Å². The number of carbonyl (C=O) groups is 2. The lowest BCUT2D eigenvalue weighted by atomic mass is 10.1. The van der Waals surface area contributed by atoms with Crippen LogP contribution in [0.1, 0.15) is 31.8 Å². The molecule has 6 nitrogen and oxygen atoms in total. The molecule has 0 aliphatic carbocycles. The molecule has 0 aromatic heterocycles. The molecule has 2 N–H and O–H groups in total. The van der Waals surface area contributed by atoms with Gasteiger partial charge in [-0.25, -0.2) is 8.42 Å². The number of rotatable bonds is 3. The van der Waals surface area contributed by atoms with Crippen molar-refractivity contribution in [1.82, 2.24) is 5.32 Å². The molecule has 23 heavy (non-hydrogen) atoms. The van der Waals surface area contributed by atoms with Crippen LogP contribution in [0.3, 0.4) is 0 Å². The van der Waals surface area contributed by atoms with Crippen molar-refractivity contribution in [3.63, 3.8) is 0 Å². The third kappa shape index (κ3) is 2.70. The summed E-state index contributed by atoms with van der Waals surface area (Å²) in [7, 11) is -3.86. The second kappa shape index (κ2) is 5.20. The quantitative estimate of drug-likeness (QED) is 0.842. The van der Waals surface area contributed by atoms with Gasteiger partial charge in [-0.2, -0.15) is 0 Å². The Morgan fingerprint density at radius 1 is 0.913 bits per heavy atom. The Labute approximate surface area is 133 Å². The molecule has 0 spiro atoms. The molecule has 118 valence electrons. The maximum Gasteiger partial charge on any atom is 0.261 e. The maximum absolute atomic E-state index is 12.5. The average Bonchev–Trinajstić information content (AvgIpc) is 2.77. The maximum atomic E-state index is 12.5. The summed E-state index contributed by atoms with van der Waals surface area (Å²) in [4.78, 5) is 23.1. The van der Waals surface area contributed by atoms with Gasteiger partial charge >= 0.3 is 0 Å². The predicted octanol–water partition coefficient (Wildman–Crippen LogP) is 1.99. The fourth-order valence-corrected chi connectivity index (χ4v) is 3.51. The first-order chi connectivity index (χ1) is 10.8. The van der Waals surface area contributed by atoms with Gasteiger partial charge in [0.25, 0.3) is 21.8 Å². The van der Waals surface area contributed by atoms with Gasteiger partial charge < -0.3 is 0 Å². The lowest BCUT2D eigenvalue weighted by Crippen LogP contribution is -2.20. The molecule has 0 saturated carbocycles. The van der Waals surface area contributed by atoms with E-state index >= 15 is 0 Å². The van der Waals surface area contributed by atoms with Gasteiger partial charge in [-0.3, -0.25) is 19.6 Å². The van der Waals surface area contributed by atoms with Crippen molar-refractivity contribution in [2.24, 2.45) is 0 Å². The van der Waals surface area contributed by atoms with E-state index in [1.807, 2.05) is 19.1 Å². The number of nitrogens with one attached hydrogen (secondary N) is 2. The summed E-state index contributed by atoms with van der Waals surface area (Å²) in [5.74, 6) is -1.11. The monoisotopic (exact) mass is 330 g/mol. The van der Waals surface area contributed by atoms with Crippen LogP contribution in [0.2, 0.25) is 0 Å². The van der Waals surface area contributed by atoms with Crippen LogP contribution in [0.25, 0.3) is 0 Å². The Morgan fingerprint density at radius 2 is 1.61 bits per heavy atom. The standard InChI is InChI=1S/C16H14N2O4S/c1-9-3-4-10(2)14(7-9)18-23(21,22)11-5-6-12-13(8-11)16(20)17-15(12)19/h3-8,18H,1-2H3,(H,17,19,20). The van der Waals surface area contributed by atoms with Crippen LogP contribution in [-0.2, 0) is 10.0 Å². The molecule has 2 amide bonds. The molecule has 0 radical (unpaired) electrons. The molecular formula is C16H14N2O4S. The van der Waals surface area contributed by atoms with Crippen molar-refractivity contribution < 1.29 is 18.0 Å². The zero-order valence-electron chi connectivity index (χ0n) is 12.5. The van der Waals surface area contributed by atoms with Gasteiger partial charge in [0.1, 0.15) is 0 Å². The molecular weight excluding hydrogens is 316 g/mol. The molecule has 0 bridgehead atoms. The van der Waals surface area contributed by atoms with E-state index in [1.54, 1.807) is 13.0 Å². The van der Waals surface area contributed by atoms with Gasteiger partial charge in [-0.15, -0.1) is 0 Å². The van der Waals surface area contributed by atoms with E-state index in [9.17, 15) is 18.0 Å². The number of hydrogen-bond acceptors (Lipinski definition) is 4. The highest BCUT2D eigenvalue weighted by Crippen LogP contribution is 2.24. The topological polar surface area (TPSA) is 92.3 Å². The van der Waals surface area contributed by atoms with Crippen LogP contribution >= 0.6 is 0 Å². The second-order valence-electron chi connectivity index (χ2n) is 5.41. The van der Waals surface area contributed by atoms with Crippen molar-refractivity contribution >= 4 is 27.5 Å². The highest BCUT2D eigenvalue weighted by Gasteiger charge is 2.28. The first-order valence-electron chi connectivity index (χ1n) is 6.88. The Morgan fingerprint density at radius 3 is 2.35 bits per heavy atom. The molecule has 1 aliphatic rings. The van der Waals surface area contributed by atoms with Gasteiger partial charge in [-0.1, -0.05) is 12.1 Å². The third-order valence-electron chi connectivity index (χ3n) is 3.66. The van der Waals surface area contributed by atoms with Crippen LogP contribution in [-0.4, -0.2) is 20.2 Å². The van der Waals surface area contributed by atoms with Crippen LogP contribution in [0.5, 0.6) is 0 Å².